The van der Waals surface area contributed by atoms with Crippen molar-refractivity contribution in [1.82, 2.24) is 4.90 Å². The number of nitrogens with zero attached hydrogens (tertiary/aromatic N) is 1. The minimum atomic E-state index is -4.55. The van der Waals surface area contributed by atoms with Crippen LogP contribution >= 0.6 is 0 Å². The second-order valence-electron chi connectivity index (χ2n) is 6.76. The monoisotopic (exact) mass is 340 g/mol. The zero-order valence-electron chi connectivity index (χ0n) is 13.3. The van der Waals surface area contributed by atoms with Gasteiger partial charge in [-0.1, -0.05) is 24.3 Å². The number of carbonyl (C=O) groups is 2. The molecule has 2 fully saturated rings. The van der Waals surface area contributed by atoms with Gasteiger partial charge in [0.15, 0.2) is 0 Å². The first-order valence-corrected chi connectivity index (χ1v) is 7.88. The molecule has 2 N–H and O–H groups in total. The maximum Gasteiger partial charge on any atom is 0.394 e. The van der Waals surface area contributed by atoms with Crippen molar-refractivity contribution in [2.45, 2.75) is 31.4 Å². The van der Waals surface area contributed by atoms with Crippen LogP contribution in [0.1, 0.15) is 24.0 Å². The minimum absolute atomic E-state index is 0.258. The topological polar surface area (TPSA) is 63.4 Å². The van der Waals surface area contributed by atoms with Crippen molar-refractivity contribution in [1.29, 1.82) is 0 Å². The third kappa shape index (κ3) is 2.65. The van der Waals surface area contributed by atoms with Gasteiger partial charge in [-0.25, -0.2) is 0 Å². The molecule has 3 rings (SSSR count). The molecular formula is C17H19F3N2O2. The first kappa shape index (κ1) is 16.8. The van der Waals surface area contributed by atoms with Gasteiger partial charge in [0.1, 0.15) is 0 Å². The molecule has 1 aromatic carbocycles. The van der Waals surface area contributed by atoms with Crippen LogP contribution in [0.4, 0.5) is 13.2 Å². The molecule has 0 radical (unpaired) electrons. The van der Waals surface area contributed by atoms with Gasteiger partial charge in [0.2, 0.25) is 11.8 Å². The molecule has 0 bridgehead atoms. The molecule has 0 unspecified atom stereocenters. The smallest absolute Gasteiger partial charge is 0.369 e. The Bertz CT molecular complexity index is 683. The van der Waals surface area contributed by atoms with Gasteiger partial charge in [-0.05, 0) is 30.9 Å². The van der Waals surface area contributed by atoms with E-state index in [1.165, 1.54) is 4.90 Å². The van der Waals surface area contributed by atoms with Crippen LogP contribution in [0, 0.1) is 18.8 Å². The number of hydrogen-bond acceptors (Lipinski definition) is 2. The lowest BCUT2D eigenvalue weighted by molar-refractivity contribution is -0.183. The lowest BCUT2D eigenvalue weighted by Crippen LogP contribution is -2.39. The van der Waals surface area contributed by atoms with E-state index < -0.39 is 35.9 Å². The van der Waals surface area contributed by atoms with E-state index in [0.29, 0.717) is 12.8 Å². The molecule has 4 nitrogen and oxygen atoms in total. The van der Waals surface area contributed by atoms with Crippen molar-refractivity contribution in [2.24, 2.45) is 17.6 Å². The van der Waals surface area contributed by atoms with Gasteiger partial charge in [-0.3, -0.25) is 9.59 Å². The number of benzene rings is 1. The van der Waals surface area contributed by atoms with Gasteiger partial charge in [0.05, 0.1) is 17.3 Å². The van der Waals surface area contributed by atoms with Gasteiger partial charge in [0.25, 0.3) is 0 Å². The fourth-order valence-corrected chi connectivity index (χ4v) is 3.73. The van der Waals surface area contributed by atoms with E-state index in [2.05, 4.69) is 0 Å². The SMILES string of the molecule is Cc1ccccc1C1(C(=O)N2C[C@@H](C(F)(F)F)[C@H](C(N)=O)C2)CC1. The highest BCUT2D eigenvalue weighted by Crippen LogP contribution is 2.52. The quantitative estimate of drug-likeness (QED) is 0.916. The van der Waals surface area contributed by atoms with Crippen molar-refractivity contribution in [2.75, 3.05) is 13.1 Å². The Labute approximate surface area is 137 Å². The Morgan fingerprint density at radius 2 is 1.83 bits per heavy atom. The summed E-state index contributed by atoms with van der Waals surface area (Å²) in [6.45, 7) is 1.13. The van der Waals surface area contributed by atoms with Gasteiger partial charge in [-0.2, -0.15) is 13.2 Å². The van der Waals surface area contributed by atoms with Crippen molar-refractivity contribution in [3.8, 4) is 0 Å². The van der Waals surface area contributed by atoms with E-state index in [9.17, 15) is 22.8 Å². The zero-order valence-corrected chi connectivity index (χ0v) is 13.3. The molecule has 1 saturated carbocycles. The second kappa shape index (κ2) is 5.50. The van der Waals surface area contributed by atoms with Gasteiger partial charge in [-0.15, -0.1) is 0 Å². The molecule has 1 heterocycles. The van der Waals surface area contributed by atoms with Gasteiger partial charge >= 0.3 is 6.18 Å². The Kier molecular flexibility index (Phi) is 3.85. The van der Waals surface area contributed by atoms with E-state index >= 15 is 0 Å². The minimum Gasteiger partial charge on any atom is -0.369 e. The number of amides is 2. The summed E-state index contributed by atoms with van der Waals surface area (Å²) in [5.74, 6) is -4.59. The van der Waals surface area contributed by atoms with Crippen LogP contribution in [-0.2, 0) is 15.0 Å². The van der Waals surface area contributed by atoms with Gasteiger partial charge in [0, 0.05) is 13.1 Å². The Hall–Kier alpha value is -2.05. The summed E-state index contributed by atoms with van der Waals surface area (Å²) in [6, 6.07) is 7.42. The number of primary amides is 1. The molecule has 2 atom stereocenters. The Balaban J connectivity index is 1.86. The summed E-state index contributed by atoms with van der Waals surface area (Å²) in [4.78, 5) is 25.5. The molecule has 7 heteroatoms. The van der Waals surface area contributed by atoms with Crippen LogP contribution in [-0.4, -0.2) is 36.0 Å². The fraction of sp³-hybridized carbons (Fsp3) is 0.529. The first-order chi connectivity index (χ1) is 11.2. The number of carbonyl (C=O) groups excluding carboxylic acids is 2. The third-order valence-electron chi connectivity index (χ3n) is 5.21. The highest BCUT2D eigenvalue weighted by Gasteiger charge is 2.58. The standard InChI is InChI=1S/C17H19F3N2O2/c1-10-4-2-3-5-12(10)16(6-7-16)15(24)22-8-11(14(21)23)13(9-22)17(18,19)20/h2-5,11,13H,6-9H2,1H3,(H2,21,23)/t11-,13-/m1/s1. The first-order valence-electron chi connectivity index (χ1n) is 7.88. The number of nitrogens with two attached hydrogens (primary N) is 1. The molecule has 1 aliphatic carbocycles. The average molecular weight is 340 g/mol. The molecule has 24 heavy (non-hydrogen) atoms. The van der Waals surface area contributed by atoms with Crippen LogP contribution in [0.15, 0.2) is 24.3 Å². The average Bonchev–Trinajstić information content (AvgIpc) is 3.16. The highest BCUT2D eigenvalue weighted by molar-refractivity contribution is 5.92. The highest BCUT2D eigenvalue weighted by atomic mass is 19.4. The van der Waals surface area contributed by atoms with E-state index in [1.54, 1.807) is 0 Å². The largest absolute Gasteiger partial charge is 0.394 e. The van der Waals surface area contributed by atoms with E-state index in [4.69, 9.17) is 5.73 Å². The molecular weight excluding hydrogens is 321 g/mol. The fourth-order valence-electron chi connectivity index (χ4n) is 3.73. The van der Waals surface area contributed by atoms with Crippen LogP contribution in [0.2, 0.25) is 0 Å². The summed E-state index contributed by atoms with van der Waals surface area (Å²) < 4.78 is 39.5. The van der Waals surface area contributed by atoms with Crippen LogP contribution < -0.4 is 5.73 Å². The summed E-state index contributed by atoms with van der Waals surface area (Å²) in [6.07, 6.45) is -3.32. The predicted octanol–water partition coefficient (Wildman–Crippen LogP) is 2.15. The summed E-state index contributed by atoms with van der Waals surface area (Å²) >= 11 is 0. The molecule has 2 amide bonds. The van der Waals surface area contributed by atoms with Crippen molar-refractivity contribution < 1.29 is 22.8 Å². The molecule has 2 aliphatic rings. The van der Waals surface area contributed by atoms with Crippen molar-refractivity contribution in [3.63, 3.8) is 0 Å². The second-order valence-corrected chi connectivity index (χ2v) is 6.76. The van der Waals surface area contributed by atoms with Crippen LogP contribution in [0.5, 0.6) is 0 Å². The zero-order chi connectivity index (χ0) is 17.7. The summed E-state index contributed by atoms with van der Waals surface area (Å²) in [5, 5.41) is 0. The Morgan fingerprint density at radius 3 is 2.29 bits per heavy atom. The number of alkyl halides is 3. The molecule has 1 aromatic rings. The number of aryl methyl sites for hydroxylation is 1. The van der Waals surface area contributed by atoms with Crippen LogP contribution in [0.25, 0.3) is 0 Å². The molecule has 0 aromatic heterocycles. The molecule has 1 aliphatic heterocycles. The molecule has 0 spiro atoms. The maximum absolute atomic E-state index is 13.2. The van der Waals surface area contributed by atoms with E-state index in [0.717, 1.165) is 11.1 Å². The van der Waals surface area contributed by atoms with E-state index in [-0.39, 0.29) is 12.5 Å². The predicted molar refractivity (Wildman–Crippen MR) is 80.9 cm³/mol. The van der Waals surface area contributed by atoms with E-state index in [1.807, 2.05) is 31.2 Å². The van der Waals surface area contributed by atoms with Crippen molar-refractivity contribution in [3.05, 3.63) is 35.4 Å². The number of rotatable bonds is 3. The third-order valence-corrected chi connectivity index (χ3v) is 5.21. The number of halogens is 3. The summed E-state index contributed by atoms with van der Waals surface area (Å²) in [5.41, 5.74) is 6.20. The number of hydrogen-bond donors (Lipinski definition) is 1. The lowest BCUT2D eigenvalue weighted by Gasteiger charge is -2.25. The number of likely N-dealkylation sites (tertiary alicyclic amines) is 1. The normalized spacial score (nSPS) is 25.6. The molecule has 130 valence electrons. The molecule has 1 saturated heterocycles. The Morgan fingerprint density at radius 1 is 1.21 bits per heavy atom. The van der Waals surface area contributed by atoms with Crippen molar-refractivity contribution >= 4 is 11.8 Å². The summed E-state index contributed by atoms with van der Waals surface area (Å²) in [7, 11) is 0. The van der Waals surface area contributed by atoms with Crippen LogP contribution in [0.3, 0.4) is 0 Å². The lowest BCUT2D eigenvalue weighted by atomic mass is 9.90. The van der Waals surface area contributed by atoms with Gasteiger partial charge < -0.3 is 10.6 Å². The maximum atomic E-state index is 13.2.